The second-order valence-corrected chi connectivity index (χ2v) is 10.0. The zero-order chi connectivity index (χ0) is 22.4. The van der Waals surface area contributed by atoms with Crippen molar-refractivity contribution >= 4 is 26.6 Å². The fourth-order valence-electron chi connectivity index (χ4n) is 3.41. The van der Waals surface area contributed by atoms with E-state index in [1.54, 1.807) is 38.1 Å². The van der Waals surface area contributed by atoms with Gasteiger partial charge in [-0.1, -0.05) is 42.5 Å². The monoisotopic (exact) mass is 441 g/mol. The van der Waals surface area contributed by atoms with Gasteiger partial charge in [0.2, 0.25) is 5.91 Å². The Labute approximate surface area is 182 Å². The molecule has 0 spiro atoms. The molecule has 0 unspecified atom stereocenters. The first kappa shape index (κ1) is 22.7. The Bertz CT molecular complexity index is 1200. The minimum absolute atomic E-state index is 0.0378. The third kappa shape index (κ3) is 6.24. The highest BCUT2D eigenvalue weighted by Gasteiger charge is 2.24. The van der Waals surface area contributed by atoms with Gasteiger partial charge in [0.1, 0.15) is 11.6 Å². The number of nitrogens with zero attached hydrogens (tertiary/aromatic N) is 2. The van der Waals surface area contributed by atoms with Crippen LogP contribution in [0.25, 0.3) is 10.9 Å². The van der Waals surface area contributed by atoms with Crippen LogP contribution in [0.5, 0.6) is 0 Å². The van der Waals surface area contributed by atoms with Gasteiger partial charge in [-0.05, 0) is 44.4 Å². The Morgan fingerprint density at radius 3 is 2.45 bits per heavy atom. The summed E-state index contributed by atoms with van der Waals surface area (Å²) in [4.78, 5) is 33.7. The smallest absolute Gasteiger partial charge is 0.258 e. The summed E-state index contributed by atoms with van der Waals surface area (Å²) in [7, 11) is -3.55. The number of aromatic amines is 1. The van der Waals surface area contributed by atoms with Gasteiger partial charge in [-0.25, -0.2) is 13.4 Å². The maximum absolute atomic E-state index is 12.8. The zero-order valence-electron chi connectivity index (χ0n) is 17.7. The van der Waals surface area contributed by atoms with E-state index in [-0.39, 0.29) is 23.9 Å². The lowest BCUT2D eigenvalue weighted by atomic mass is 10.1. The van der Waals surface area contributed by atoms with E-state index in [0.29, 0.717) is 29.6 Å². The second kappa shape index (κ2) is 9.87. The number of H-pyrrole nitrogens is 1. The van der Waals surface area contributed by atoms with E-state index in [1.165, 1.54) is 4.90 Å². The summed E-state index contributed by atoms with van der Waals surface area (Å²) in [6, 6.07) is 16.4. The van der Waals surface area contributed by atoms with Crippen molar-refractivity contribution in [2.45, 2.75) is 39.3 Å². The molecule has 3 aromatic rings. The molecule has 0 radical (unpaired) electrons. The Balaban J connectivity index is 1.66. The highest BCUT2D eigenvalue weighted by atomic mass is 32.2. The number of aryl methyl sites for hydroxylation is 1. The number of sulfone groups is 1. The normalized spacial score (nSPS) is 11.7. The molecular weight excluding hydrogens is 414 g/mol. The third-order valence-corrected chi connectivity index (χ3v) is 6.63. The topological polar surface area (TPSA) is 100 Å². The van der Waals surface area contributed by atoms with Crippen LogP contribution in [0.3, 0.4) is 0 Å². The lowest BCUT2D eigenvalue weighted by molar-refractivity contribution is -0.130. The number of para-hydroxylation sites is 1. The summed E-state index contributed by atoms with van der Waals surface area (Å²) in [5.41, 5.74) is 1.32. The van der Waals surface area contributed by atoms with Crippen molar-refractivity contribution in [3.8, 4) is 0 Å². The molecular formula is C23H27N3O4S. The maximum Gasteiger partial charge on any atom is 0.258 e. The predicted octanol–water partition coefficient (Wildman–Crippen LogP) is 2.71. The van der Waals surface area contributed by atoms with Gasteiger partial charge in [0.15, 0.2) is 9.84 Å². The minimum Gasteiger partial charge on any atom is -0.332 e. The predicted molar refractivity (Wildman–Crippen MR) is 121 cm³/mol. The summed E-state index contributed by atoms with van der Waals surface area (Å²) >= 11 is 0. The molecule has 1 heterocycles. The highest BCUT2D eigenvalue weighted by molar-refractivity contribution is 7.92. The Kier molecular flexibility index (Phi) is 7.22. The van der Waals surface area contributed by atoms with Gasteiger partial charge in [-0.3, -0.25) is 9.59 Å². The zero-order valence-corrected chi connectivity index (χ0v) is 18.6. The first-order valence-electron chi connectivity index (χ1n) is 10.3. The van der Waals surface area contributed by atoms with Crippen molar-refractivity contribution in [3.63, 3.8) is 0 Å². The van der Waals surface area contributed by atoms with Crippen molar-refractivity contribution in [3.05, 3.63) is 76.3 Å². The Morgan fingerprint density at radius 2 is 1.74 bits per heavy atom. The van der Waals surface area contributed by atoms with E-state index in [0.717, 1.165) is 5.56 Å². The molecule has 0 saturated carbocycles. The van der Waals surface area contributed by atoms with Gasteiger partial charge in [0, 0.05) is 6.04 Å². The molecule has 7 nitrogen and oxygen atoms in total. The van der Waals surface area contributed by atoms with E-state index >= 15 is 0 Å². The fraction of sp³-hybridized carbons (Fsp3) is 0.348. The van der Waals surface area contributed by atoms with Crippen molar-refractivity contribution in [2.24, 2.45) is 0 Å². The fourth-order valence-corrected chi connectivity index (χ4v) is 4.68. The van der Waals surface area contributed by atoms with Crippen molar-refractivity contribution in [2.75, 3.05) is 11.5 Å². The molecule has 0 aliphatic carbocycles. The van der Waals surface area contributed by atoms with Gasteiger partial charge < -0.3 is 9.88 Å². The van der Waals surface area contributed by atoms with E-state index in [9.17, 15) is 18.0 Å². The number of rotatable bonds is 9. The van der Waals surface area contributed by atoms with Gasteiger partial charge in [0.05, 0.1) is 23.2 Å². The number of nitrogens with one attached hydrogen (secondary N) is 1. The largest absolute Gasteiger partial charge is 0.332 e. The third-order valence-electron chi connectivity index (χ3n) is 5.03. The summed E-state index contributed by atoms with van der Waals surface area (Å²) in [6.07, 6.45) is 1.10. The Hall–Kier alpha value is -3.00. The summed E-state index contributed by atoms with van der Waals surface area (Å²) in [6.45, 7) is 3.65. The molecule has 0 atom stereocenters. The highest BCUT2D eigenvalue weighted by Crippen LogP contribution is 2.11. The quantitative estimate of drug-likeness (QED) is 0.550. The van der Waals surface area contributed by atoms with Crippen LogP contribution in [0.4, 0.5) is 0 Å². The minimum atomic E-state index is -3.55. The van der Waals surface area contributed by atoms with Crippen LogP contribution in [0.2, 0.25) is 0 Å². The van der Waals surface area contributed by atoms with Crippen LogP contribution in [-0.2, 0) is 27.6 Å². The van der Waals surface area contributed by atoms with Crippen molar-refractivity contribution in [1.29, 1.82) is 0 Å². The van der Waals surface area contributed by atoms with Crippen LogP contribution in [0, 0.1) is 0 Å². The molecule has 0 saturated heterocycles. The molecule has 8 heteroatoms. The van der Waals surface area contributed by atoms with E-state index in [4.69, 9.17) is 0 Å². The molecule has 2 aromatic carbocycles. The van der Waals surface area contributed by atoms with E-state index in [2.05, 4.69) is 9.97 Å². The van der Waals surface area contributed by atoms with Crippen LogP contribution < -0.4 is 5.56 Å². The first-order chi connectivity index (χ1) is 14.7. The van der Waals surface area contributed by atoms with Crippen LogP contribution in [0.1, 0.15) is 31.7 Å². The number of hydrogen-bond acceptors (Lipinski definition) is 5. The molecule has 1 N–H and O–H groups in total. The average Bonchev–Trinajstić information content (AvgIpc) is 2.72. The molecule has 0 aliphatic rings. The number of carbonyl (C=O) groups is 1. The van der Waals surface area contributed by atoms with Gasteiger partial charge >= 0.3 is 0 Å². The van der Waals surface area contributed by atoms with Gasteiger partial charge in [-0.2, -0.15) is 0 Å². The summed E-state index contributed by atoms with van der Waals surface area (Å²) in [5, 5.41) is 0.467. The number of amides is 1. The Morgan fingerprint density at radius 1 is 1.06 bits per heavy atom. The maximum atomic E-state index is 12.8. The number of benzene rings is 2. The van der Waals surface area contributed by atoms with Crippen molar-refractivity contribution < 1.29 is 13.2 Å². The number of carbonyl (C=O) groups excluding carboxylic acids is 1. The second-order valence-electron chi connectivity index (χ2n) is 7.83. The molecule has 0 aliphatic heterocycles. The first-order valence-corrected chi connectivity index (χ1v) is 12.1. The van der Waals surface area contributed by atoms with Crippen molar-refractivity contribution in [1.82, 2.24) is 14.9 Å². The molecule has 1 amide bonds. The number of hydrogen-bond donors (Lipinski definition) is 1. The summed E-state index contributed by atoms with van der Waals surface area (Å²) in [5.74, 6) is -0.777. The van der Waals surface area contributed by atoms with Crippen LogP contribution in [-0.4, -0.2) is 46.7 Å². The SMILES string of the molecule is CC(C)N(Cc1nc2ccccc2c(=O)[nH]1)C(=O)CS(=O)(=O)CCCc1ccccc1. The molecule has 164 valence electrons. The number of fused-ring (bicyclic) bond motifs is 1. The van der Waals surface area contributed by atoms with Gasteiger partial charge in [0.25, 0.3) is 5.56 Å². The van der Waals surface area contributed by atoms with Crippen LogP contribution >= 0.6 is 0 Å². The van der Waals surface area contributed by atoms with Crippen LogP contribution in [0.15, 0.2) is 59.4 Å². The molecule has 3 rings (SSSR count). The standard InChI is InChI=1S/C23H27N3O4S/c1-17(2)26(15-21-24-20-13-7-6-12-19(20)23(28)25-21)22(27)16-31(29,30)14-8-11-18-9-4-3-5-10-18/h3-7,9-10,12-13,17H,8,11,14-16H2,1-2H3,(H,24,25,28). The lowest BCUT2D eigenvalue weighted by Crippen LogP contribution is -2.41. The molecule has 0 bridgehead atoms. The van der Waals surface area contributed by atoms with Gasteiger partial charge in [-0.15, -0.1) is 0 Å². The van der Waals surface area contributed by atoms with E-state index < -0.39 is 21.5 Å². The summed E-state index contributed by atoms with van der Waals surface area (Å²) < 4.78 is 25.0. The lowest BCUT2D eigenvalue weighted by Gasteiger charge is -2.26. The molecule has 1 aromatic heterocycles. The molecule has 0 fully saturated rings. The number of aromatic nitrogens is 2. The average molecular weight is 442 g/mol. The van der Waals surface area contributed by atoms with E-state index in [1.807, 2.05) is 30.3 Å². The molecule has 31 heavy (non-hydrogen) atoms.